The molecule has 45 heavy (non-hydrogen) atoms. The average molecular weight is 652 g/mol. The molecule has 0 radical (unpaired) electrons. The van der Waals surface area contributed by atoms with Crippen molar-refractivity contribution in [3.63, 3.8) is 0 Å². The van der Waals surface area contributed by atoms with Crippen molar-refractivity contribution in [2.24, 2.45) is 11.3 Å². The first-order chi connectivity index (χ1) is 21.6. The highest BCUT2D eigenvalue weighted by molar-refractivity contribution is 6.30. The van der Waals surface area contributed by atoms with Gasteiger partial charge in [0.25, 0.3) is 0 Å². The number of hydrogen-bond acceptors (Lipinski definition) is 11. The molecule has 0 saturated carbocycles. The smallest absolute Gasteiger partial charge is 0.227 e. The van der Waals surface area contributed by atoms with E-state index in [2.05, 4.69) is 14.9 Å². The summed E-state index contributed by atoms with van der Waals surface area (Å²) >= 11 is 5.88. The van der Waals surface area contributed by atoms with Crippen LogP contribution in [0.5, 0.6) is 5.75 Å². The van der Waals surface area contributed by atoms with Gasteiger partial charge in [0, 0.05) is 57.3 Å². The molecule has 1 aromatic heterocycles. The van der Waals surface area contributed by atoms with E-state index < -0.39 is 36.8 Å². The molecule has 2 aromatic rings. The van der Waals surface area contributed by atoms with E-state index in [1.165, 1.54) is 6.07 Å². The summed E-state index contributed by atoms with van der Waals surface area (Å²) in [6, 6.07) is 4.64. The van der Waals surface area contributed by atoms with Gasteiger partial charge in [-0.25, -0.2) is 14.4 Å². The Morgan fingerprint density at radius 2 is 1.71 bits per heavy atom. The van der Waals surface area contributed by atoms with Crippen molar-refractivity contribution in [2.45, 2.75) is 56.5 Å². The maximum Gasteiger partial charge on any atom is 0.227 e. The fraction of sp³-hybridized carbons (Fsp3) is 0.645. The van der Waals surface area contributed by atoms with Gasteiger partial charge >= 0.3 is 0 Å². The first kappa shape index (κ1) is 33.7. The van der Waals surface area contributed by atoms with Crippen LogP contribution in [0.3, 0.4) is 0 Å². The Labute approximate surface area is 267 Å². The number of rotatable bonds is 14. The number of likely N-dealkylation sites (tertiary alicyclic amines) is 2. The number of carbonyl (C=O) groups excluding carboxylic acids is 1. The molecule has 248 valence electrons. The summed E-state index contributed by atoms with van der Waals surface area (Å²) in [5.74, 6) is 1.12. The number of halogens is 2. The van der Waals surface area contributed by atoms with Crippen molar-refractivity contribution in [1.29, 1.82) is 0 Å². The summed E-state index contributed by atoms with van der Waals surface area (Å²) in [6.07, 6.45) is 1.09. The molecular weight excluding hydrogens is 609 g/mol. The fourth-order valence-corrected chi connectivity index (χ4v) is 6.69. The molecule has 0 bridgehead atoms. The fourth-order valence-electron chi connectivity index (χ4n) is 6.60. The SMILES string of the molecule is O=C(Cc1ccc(OCCCC2CCN(c3ncc(Cl)cn3)CC2)cc1F)N1CC2(CN(C[C@H](O)[C@@H](O)[C@H](O)[C@H](O)CO)C2)C1. The number of amides is 1. The molecule has 0 unspecified atom stereocenters. The van der Waals surface area contributed by atoms with Crippen LogP contribution in [-0.4, -0.2) is 135 Å². The van der Waals surface area contributed by atoms with Crippen LogP contribution in [0, 0.1) is 17.2 Å². The number of nitrogens with zero attached hydrogens (tertiary/aromatic N) is 5. The van der Waals surface area contributed by atoms with Crippen molar-refractivity contribution in [1.82, 2.24) is 19.8 Å². The largest absolute Gasteiger partial charge is 0.493 e. The van der Waals surface area contributed by atoms with Gasteiger partial charge in [0.05, 0.1) is 43.2 Å². The Morgan fingerprint density at radius 3 is 2.36 bits per heavy atom. The van der Waals surface area contributed by atoms with Crippen LogP contribution in [0.25, 0.3) is 0 Å². The van der Waals surface area contributed by atoms with Gasteiger partial charge in [-0.15, -0.1) is 0 Å². The highest BCUT2D eigenvalue weighted by atomic mass is 35.5. The topological polar surface area (TPSA) is 163 Å². The third-order valence-electron chi connectivity index (χ3n) is 9.19. The predicted molar refractivity (Wildman–Crippen MR) is 163 cm³/mol. The summed E-state index contributed by atoms with van der Waals surface area (Å²) in [4.78, 5) is 27.2. The lowest BCUT2D eigenvalue weighted by Crippen LogP contribution is -2.73. The van der Waals surface area contributed by atoms with E-state index in [-0.39, 0.29) is 24.3 Å². The van der Waals surface area contributed by atoms with Crippen LogP contribution in [0.4, 0.5) is 10.3 Å². The number of ether oxygens (including phenoxy) is 1. The highest BCUT2D eigenvalue weighted by Gasteiger charge is 2.53. The lowest BCUT2D eigenvalue weighted by molar-refractivity contribution is -0.166. The van der Waals surface area contributed by atoms with Crippen LogP contribution in [0.1, 0.15) is 31.2 Å². The van der Waals surface area contributed by atoms with Gasteiger partial charge in [0.1, 0.15) is 29.9 Å². The summed E-state index contributed by atoms with van der Waals surface area (Å²) in [5.41, 5.74) is 0.225. The zero-order valence-electron chi connectivity index (χ0n) is 25.2. The van der Waals surface area contributed by atoms with Crippen LogP contribution in [-0.2, 0) is 11.2 Å². The van der Waals surface area contributed by atoms with Crippen LogP contribution < -0.4 is 9.64 Å². The number of aromatic nitrogens is 2. The predicted octanol–water partition coefficient (Wildman–Crippen LogP) is 0.467. The third kappa shape index (κ3) is 8.39. The molecule has 3 aliphatic rings. The molecular formula is C31H43ClFN5O7. The summed E-state index contributed by atoms with van der Waals surface area (Å²) in [6.45, 7) is 3.93. The Bertz CT molecular complexity index is 1270. The second-order valence-corrected chi connectivity index (χ2v) is 13.2. The van der Waals surface area contributed by atoms with E-state index in [1.54, 1.807) is 29.4 Å². The van der Waals surface area contributed by atoms with E-state index in [0.29, 0.717) is 61.0 Å². The number of piperidine rings is 1. The van der Waals surface area contributed by atoms with Crippen LogP contribution >= 0.6 is 11.6 Å². The molecule has 1 aromatic carbocycles. The number of anilines is 1. The van der Waals surface area contributed by atoms with Gasteiger partial charge in [-0.1, -0.05) is 17.7 Å². The molecule has 3 saturated heterocycles. The van der Waals surface area contributed by atoms with Crippen molar-refractivity contribution in [3.05, 3.63) is 47.0 Å². The Balaban J connectivity index is 0.962. The molecule has 14 heteroatoms. The number of benzene rings is 1. The monoisotopic (exact) mass is 651 g/mol. The number of β-amino-alcohol motifs (C(OH)–C–C–N with tert-alkyl or cyclic N) is 1. The summed E-state index contributed by atoms with van der Waals surface area (Å²) in [5, 5.41) is 48.9. The molecule has 4 heterocycles. The van der Waals surface area contributed by atoms with Crippen LogP contribution in [0.2, 0.25) is 5.02 Å². The minimum atomic E-state index is -1.66. The second-order valence-electron chi connectivity index (χ2n) is 12.8. The van der Waals surface area contributed by atoms with Gasteiger partial charge in [-0.2, -0.15) is 0 Å². The molecule has 0 aliphatic carbocycles. The van der Waals surface area contributed by atoms with Crippen LogP contribution in [0.15, 0.2) is 30.6 Å². The number of aliphatic hydroxyl groups excluding tert-OH is 5. The summed E-state index contributed by atoms with van der Waals surface area (Å²) < 4.78 is 20.6. The second kappa shape index (κ2) is 14.8. The molecule has 5 N–H and O–H groups in total. The Hall–Kier alpha value is -2.65. The van der Waals surface area contributed by atoms with Gasteiger partial charge in [0.15, 0.2) is 0 Å². The quantitative estimate of drug-likeness (QED) is 0.181. The molecule has 3 aliphatic heterocycles. The van der Waals surface area contributed by atoms with E-state index >= 15 is 0 Å². The molecule has 1 amide bonds. The Morgan fingerprint density at radius 1 is 1.04 bits per heavy atom. The molecule has 5 rings (SSSR count). The average Bonchev–Trinajstić information content (AvgIpc) is 3.00. The molecule has 4 atom stereocenters. The van der Waals surface area contributed by atoms with Crippen molar-refractivity contribution in [3.8, 4) is 5.75 Å². The molecule has 3 fully saturated rings. The number of hydrogen-bond donors (Lipinski definition) is 5. The lowest BCUT2D eigenvalue weighted by Gasteiger charge is -2.60. The van der Waals surface area contributed by atoms with E-state index in [1.807, 2.05) is 4.90 Å². The van der Waals surface area contributed by atoms with Crippen molar-refractivity contribution in [2.75, 3.05) is 63.9 Å². The van der Waals surface area contributed by atoms with E-state index in [4.69, 9.17) is 21.4 Å². The zero-order valence-corrected chi connectivity index (χ0v) is 26.0. The first-order valence-electron chi connectivity index (χ1n) is 15.5. The molecule has 12 nitrogen and oxygen atoms in total. The molecule has 1 spiro atoms. The standard InChI is InChI=1S/C31H43ClFN5O7/c32-22-12-34-30(35-13-22)37-7-5-20(6-8-37)2-1-9-45-23-4-3-21(24(33)11-23)10-27(42)38-18-31(19-38)16-36(17-31)14-25(40)28(43)29(44)26(41)15-39/h3-4,11-13,20,25-26,28-29,39-41,43-44H,1-2,5-10,14-19H2/t25-,26+,28+,29+/m0/s1. The third-order valence-corrected chi connectivity index (χ3v) is 9.38. The van der Waals surface area contributed by atoms with Gasteiger partial charge in [-0.3, -0.25) is 9.69 Å². The highest BCUT2D eigenvalue weighted by Crippen LogP contribution is 2.40. The van der Waals surface area contributed by atoms with Gasteiger partial charge in [0.2, 0.25) is 11.9 Å². The zero-order chi connectivity index (χ0) is 32.1. The van der Waals surface area contributed by atoms with E-state index in [0.717, 1.165) is 38.8 Å². The van der Waals surface area contributed by atoms with Crippen molar-refractivity contribution < 1.29 is 39.5 Å². The summed E-state index contributed by atoms with van der Waals surface area (Å²) in [7, 11) is 0. The maximum atomic E-state index is 14.8. The van der Waals surface area contributed by atoms with Gasteiger partial charge in [-0.05, 0) is 43.2 Å². The normalized spacial score (nSPS) is 21.1. The number of carbonyl (C=O) groups is 1. The lowest BCUT2D eigenvalue weighted by atomic mass is 9.72. The van der Waals surface area contributed by atoms with Gasteiger partial charge < -0.3 is 40.1 Å². The number of aliphatic hydroxyl groups is 5. The maximum absolute atomic E-state index is 14.8. The minimum Gasteiger partial charge on any atom is -0.493 e. The minimum absolute atomic E-state index is 0.0400. The van der Waals surface area contributed by atoms with E-state index in [9.17, 15) is 29.6 Å². The Kier molecular flexibility index (Phi) is 11.1. The first-order valence-corrected chi connectivity index (χ1v) is 15.9. The van der Waals surface area contributed by atoms with Crippen molar-refractivity contribution >= 4 is 23.5 Å².